The van der Waals surface area contributed by atoms with Gasteiger partial charge in [0.2, 0.25) is 0 Å². The largest absolute Gasteiger partial charge is 0.492 e. The summed E-state index contributed by atoms with van der Waals surface area (Å²) in [5.74, 6) is -1.32. The van der Waals surface area contributed by atoms with Crippen molar-refractivity contribution in [2.45, 2.75) is 9.99 Å². The average molecular weight is 468 g/mol. The van der Waals surface area contributed by atoms with Gasteiger partial charge in [-0.1, -0.05) is 6.07 Å². The van der Waals surface area contributed by atoms with Crippen molar-refractivity contribution in [1.29, 1.82) is 5.26 Å². The lowest BCUT2D eigenvalue weighted by Crippen LogP contribution is -2.28. The van der Waals surface area contributed by atoms with Gasteiger partial charge in [0.05, 0.1) is 0 Å². The Morgan fingerprint density at radius 2 is 2.07 bits per heavy atom. The van der Waals surface area contributed by atoms with E-state index < -0.39 is 23.4 Å². The van der Waals surface area contributed by atoms with Gasteiger partial charge in [-0.05, 0) is 35.7 Å². The van der Waals surface area contributed by atoms with Crippen LogP contribution in [0.5, 0.6) is 5.75 Å². The molecule has 1 atom stereocenters. The normalized spacial score (nSPS) is 13.1. The topological polar surface area (TPSA) is 176 Å². The van der Waals surface area contributed by atoms with Crippen molar-refractivity contribution in [2.75, 3.05) is 13.2 Å². The predicted octanol–water partition coefficient (Wildman–Crippen LogP) is 1.66. The molecule has 10 nitrogen and oxygen atoms in total. The lowest BCUT2D eigenvalue weighted by Gasteiger charge is -2.19. The van der Waals surface area contributed by atoms with Gasteiger partial charge >= 0.3 is 7.60 Å². The van der Waals surface area contributed by atoms with E-state index in [2.05, 4.69) is 9.71 Å². The number of nitrogens with one attached hydrogen (secondary N) is 1. The van der Waals surface area contributed by atoms with Crippen LogP contribution in [0.4, 0.5) is 0 Å². The minimum Gasteiger partial charge on any atom is -0.492 e. The van der Waals surface area contributed by atoms with E-state index in [-0.39, 0.29) is 15.5 Å². The number of nitrogens with two attached hydrogens (primary N) is 1. The maximum Gasteiger partial charge on any atom is 0.347 e. The Balaban J connectivity index is 1.94. The molecular weight excluding hydrogens is 451 g/mol. The van der Waals surface area contributed by atoms with Crippen molar-refractivity contribution in [2.24, 2.45) is 5.73 Å². The first kappa shape index (κ1) is 22.3. The first-order chi connectivity index (χ1) is 14.1. The molecule has 0 amide bonds. The maximum absolute atomic E-state index is 12.8. The quantitative estimate of drug-likeness (QED) is 0.358. The molecule has 2 heterocycles. The molecule has 5 N–H and O–H groups in total. The highest BCUT2D eigenvalue weighted by molar-refractivity contribution is 7.92. The molecule has 1 unspecified atom stereocenters. The number of benzene rings is 1. The van der Waals surface area contributed by atoms with E-state index >= 15 is 0 Å². The van der Waals surface area contributed by atoms with Crippen LogP contribution >= 0.6 is 18.9 Å². The van der Waals surface area contributed by atoms with Gasteiger partial charge in [-0.25, -0.2) is 13.4 Å². The fraction of sp³-hybridized carbons (Fsp3) is 0.176. The highest BCUT2D eigenvalue weighted by Gasteiger charge is 2.35. The molecule has 0 radical (unpaired) electrons. The van der Waals surface area contributed by atoms with Gasteiger partial charge in [0.15, 0.2) is 0 Å². The molecule has 30 heavy (non-hydrogen) atoms. The van der Waals surface area contributed by atoms with E-state index in [9.17, 15) is 22.8 Å². The standard InChI is InChI=1S/C17H17N4O6PS2/c18-5-6-27-14-3-4-15-12(7-14)8-16(29-15)30(25,26)21-17(28(22,23)24)11-1-2-13(9-19)20-10-11/h1-4,7-8,10,17,21H,5-6,18H2,(H2,22,23,24). The molecule has 1 aromatic carbocycles. The van der Waals surface area contributed by atoms with Crippen molar-refractivity contribution >= 4 is 39.0 Å². The summed E-state index contributed by atoms with van der Waals surface area (Å²) in [7, 11) is -9.21. The molecule has 2 aromatic heterocycles. The monoisotopic (exact) mass is 468 g/mol. The lowest BCUT2D eigenvalue weighted by molar-refractivity contribution is 0.329. The summed E-state index contributed by atoms with van der Waals surface area (Å²) in [5, 5.41) is 9.41. The zero-order chi connectivity index (χ0) is 21.9. The van der Waals surface area contributed by atoms with Crippen molar-refractivity contribution in [3.8, 4) is 11.8 Å². The second-order valence-corrected chi connectivity index (χ2v) is 10.8. The number of nitriles is 1. The summed E-state index contributed by atoms with van der Waals surface area (Å²) in [4.78, 5) is 23.1. The summed E-state index contributed by atoms with van der Waals surface area (Å²) >= 11 is 0.948. The second-order valence-electron chi connectivity index (χ2n) is 6.10. The average Bonchev–Trinajstić information content (AvgIpc) is 3.14. The zero-order valence-electron chi connectivity index (χ0n) is 15.3. The van der Waals surface area contributed by atoms with Crippen LogP contribution in [0.2, 0.25) is 0 Å². The highest BCUT2D eigenvalue weighted by atomic mass is 32.2. The van der Waals surface area contributed by atoms with E-state index in [4.69, 9.17) is 15.7 Å². The second kappa shape index (κ2) is 8.79. The van der Waals surface area contributed by atoms with Crippen LogP contribution in [0, 0.1) is 11.3 Å². The molecule has 0 saturated heterocycles. The van der Waals surface area contributed by atoms with Gasteiger partial charge in [-0.3, -0.25) is 4.57 Å². The molecule has 3 aromatic rings. The molecule has 0 bridgehead atoms. The van der Waals surface area contributed by atoms with Crippen LogP contribution in [-0.2, 0) is 14.6 Å². The van der Waals surface area contributed by atoms with Crippen LogP contribution in [0.25, 0.3) is 10.1 Å². The number of ether oxygens (including phenoxy) is 1. The Morgan fingerprint density at radius 1 is 1.30 bits per heavy atom. The Labute approximate surface area is 176 Å². The van der Waals surface area contributed by atoms with Gasteiger partial charge in [0.1, 0.15) is 34.1 Å². The molecule has 0 aliphatic heterocycles. The number of aromatic nitrogens is 1. The Kier molecular flexibility index (Phi) is 6.54. The fourth-order valence-corrected chi connectivity index (χ4v) is 6.53. The number of thiophene rings is 1. The first-order valence-corrected chi connectivity index (χ1v) is 12.4. The molecule has 13 heteroatoms. The van der Waals surface area contributed by atoms with Crippen LogP contribution in [0.3, 0.4) is 0 Å². The molecule has 0 spiro atoms. The summed E-state index contributed by atoms with van der Waals surface area (Å²) in [6.45, 7) is 0.643. The number of sulfonamides is 1. The number of nitrogens with zero attached hydrogens (tertiary/aromatic N) is 2. The third-order valence-corrected chi connectivity index (χ3v) is 8.22. The number of hydrogen-bond donors (Lipinski definition) is 4. The molecule has 0 aliphatic rings. The molecule has 0 saturated carbocycles. The van der Waals surface area contributed by atoms with Crippen molar-refractivity contribution in [3.05, 3.63) is 53.9 Å². The fourth-order valence-electron chi connectivity index (χ4n) is 2.57. The third-order valence-electron chi connectivity index (χ3n) is 3.94. The van der Waals surface area contributed by atoms with Gasteiger partial charge in [0.25, 0.3) is 10.0 Å². The summed E-state index contributed by atoms with van der Waals surface area (Å²) in [5.41, 5.74) is 5.37. The van der Waals surface area contributed by atoms with Gasteiger partial charge < -0.3 is 20.3 Å². The van der Waals surface area contributed by atoms with E-state index in [1.807, 2.05) is 0 Å². The zero-order valence-corrected chi connectivity index (χ0v) is 17.8. The van der Waals surface area contributed by atoms with E-state index in [1.54, 1.807) is 24.3 Å². The summed E-state index contributed by atoms with van der Waals surface area (Å²) in [6, 6.07) is 10.7. The number of rotatable bonds is 8. The lowest BCUT2D eigenvalue weighted by atomic mass is 10.2. The van der Waals surface area contributed by atoms with Crippen molar-refractivity contribution in [3.63, 3.8) is 0 Å². The minimum absolute atomic E-state index is 0.0308. The van der Waals surface area contributed by atoms with E-state index in [0.29, 0.717) is 29.0 Å². The Bertz CT molecular complexity index is 1250. The van der Waals surface area contributed by atoms with Crippen LogP contribution < -0.4 is 15.2 Å². The molecule has 158 valence electrons. The predicted molar refractivity (Wildman–Crippen MR) is 110 cm³/mol. The number of hydrogen-bond acceptors (Lipinski definition) is 8. The summed E-state index contributed by atoms with van der Waals surface area (Å²) < 4.78 is 45.7. The Hall–Kier alpha value is -2.36. The van der Waals surface area contributed by atoms with Crippen LogP contribution in [0.15, 0.2) is 46.8 Å². The third kappa shape index (κ3) is 5.03. The minimum atomic E-state index is -4.93. The van der Waals surface area contributed by atoms with Crippen molar-refractivity contribution in [1.82, 2.24) is 9.71 Å². The SMILES string of the molecule is N#Cc1ccc(C(NS(=O)(=O)c2cc3cc(OCCN)ccc3s2)P(=O)(O)O)cn1. The van der Waals surface area contributed by atoms with Gasteiger partial charge in [0, 0.05) is 23.0 Å². The number of pyridine rings is 1. The van der Waals surface area contributed by atoms with Gasteiger partial charge in [-0.2, -0.15) is 9.98 Å². The number of fused-ring (bicyclic) bond motifs is 1. The van der Waals surface area contributed by atoms with Crippen LogP contribution in [-0.4, -0.2) is 36.3 Å². The van der Waals surface area contributed by atoms with E-state index in [0.717, 1.165) is 17.5 Å². The highest BCUT2D eigenvalue weighted by Crippen LogP contribution is 2.50. The van der Waals surface area contributed by atoms with Crippen LogP contribution in [0.1, 0.15) is 17.0 Å². The van der Waals surface area contributed by atoms with E-state index in [1.165, 1.54) is 18.2 Å². The first-order valence-electron chi connectivity index (χ1n) is 8.44. The summed E-state index contributed by atoms with van der Waals surface area (Å²) in [6.07, 6.45) is 1.05. The molecular formula is C17H17N4O6PS2. The molecule has 3 rings (SSSR count). The smallest absolute Gasteiger partial charge is 0.347 e. The van der Waals surface area contributed by atoms with Gasteiger partial charge in [-0.15, -0.1) is 11.3 Å². The van der Waals surface area contributed by atoms with Crippen molar-refractivity contribution < 1.29 is 27.5 Å². The molecule has 0 aliphatic carbocycles. The molecule has 0 fully saturated rings. The Morgan fingerprint density at radius 3 is 2.67 bits per heavy atom. The maximum atomic E-state index is 12.8.